The first kappa shape index (κ1) is 16.3. The third kappa shape index (κ3) is 3.84. The van der Waals surface area contributed by atoms with Gasteiger partial charge in [0.05, 0.1) is 11.0 Å². The number of benzene rings is 1. The molecular weight excluding hydrogens is 319 g/mol. The van der Waals surface area contributed by atoms with Crippen molar-refractivity contribution in [2.45, 2.75) is 25.9 Å². The lowest BCUT2D eigenvalue weighted by Crippen LogP contribution is -2.19. The van der Waals surface area contributed by atoms with Gasteiger partial charge in [-0.2, -0.15) is 13.2 Å². The lowest BCUT2D eigenvalue weighted by molar-refractivity contribution is -0.153. The Balaban J connectivity index is 1.70. The van der Waals surface area contributed by atoms with Crippen LogP contribution in [0.3, 0.4) is 0 Å². The molecule has 2 aromatic heterocycles. The predicted molar refractivity (Wildman–Crippen MR) is 84.0 cm³/mol. The van der Waals surface area contributed by atoms with Crippen molar-refractivity contribution in [3.63, 3.8) is 0 Å². The van der Waals surface area contributed by atoms with Crippen LogP contribution in [0.1, 0.15) is 17.1 Å². The van der Waals surface area contributed by atoms with Crippen molar-refractivity contribution < 1.29 is 17.9 Å². The number of para-hydroxylation sites is 2. The van der Waals surface area contributed by atoms with Gasteiger partial charge in [-0.15, -0.1) is 0 Å². The fraction of sp³-hybridized carbons (Fsp3) is 0.294. The molecule has 0 saturated carbocycles. The second-order valence-corrected chi connectivity index (χ2v) is 5.49. The van der Waals surface area contributed by atoms with Crippen molar-refractivity contribution in [3.05, 3.63) is 53.6 Å². The molecule has 7 heteroatoms. The van der Waals surface area contributed by atoms with Crippen LogP contribution < -0.4 is 4.74 Å². The summed E-state index contributed by atoms with van der Waals surface area (Å²) in [6.45, 7) is 0.410. The number of aromatic amines is 1. The second-order valence-electron chi connectivity index (χ2n) is 5.49. The third-order valence-corrected chi connectivity index (χ3v) is 3.69. The molecule has 0 radical (unpaired) electrons. The molecule has 0 unspecified atom stereocenters. The van der Waals surface area contributed by atoms with Crippen LogP contribution in [-0.4, -0.2) is 27.7 Å². The average Bonchev–Trinajstić information content (AvgIpc) is 2.95. The standard InChI is InChI=1S/C17H16F3N3O/c1-11-12(21-9-8-15(11)24-10-17(18,19)20)6-7-16-22-13-4-2-3-5-14(13)23-16/h2-5,8-9H,6-7,10H2,1H3,(H,22,23). The fourth-order valence-corrected chi connectivity index (χ4v) is 2.49. The molecule has 0 saturated heterocycles. The SMILES string of the molecule is Cc1c(OCC(F)(F)F)ccnc1CCc1nc2ccccc2[nH]1. The number of alkyl halides is 3. The van der Waals surface area contributed by atoms with E-state index in [9.17, 15) is 13.2 Å². The number of pyridine rings is 1. The molecule has 0 amide bonds. The van der Waals surface area contributed by atoms with Crippen molar-refractivity contribution in [1.82, 2.24) is 15.0 Å². The average molecular weight is 335 g/mol. The van der Waals surface area contributed by atoms with Gasteiger partial charge in [-0.1, -0.05) is 12.1 Å². The summed E-state index contributed by atoms with van der Waals surface area (Å²) in [6.07, 6.45) is -1.71. The minimum atomic E-state index is -4.36. The molecule has 3 rings (SSSR count). The molecule has 0 bridgehead atoms. The Kier molecular flexibility index (Phi) is 4.42. The van der Waals surface area contributed by atoms with Crippen LogP contribution in [0.4, 0.5) is 13.2 Å². The van der Waals surface area contributed by atoms with Crippen LogP contribution >= 0.6 is 0 Å². The summed E-state index contributed by atoms with van der Waals surface area (Å²) in [5.41, 5.74) is 3.17. The van der Waals surface area contributed by atoms with Crippen LogP contribution in [0.15, 0.2) is 36.5 Å². The number of aryl methyl sites for hydroxylation is 2. The Morgan fingerprint density at radius 1 is 1.12 bits per heavy atom. The number of halogens is 3. The van der Waals surface area contributed by atoms with Crippen LogP contribution in [0.25, 0.3) is 11.0 Å². The number of imidazole rings is 1. The normalized spacial score (nSPS) is 11.8. The Morgan fingerprint density at radius 2 is 1.92 bits per heavy atom. The van der Waals surface area contributed by atoms with Crippen molar-refractivity contribution in [2.75, 3.05) is 6.61 Å². The van der Waals surface area contributed by atoms with Gasteiger partial charge in [0.25, 0.3) is 0 Å². The number of fused-ring (bicyclic) bond motifs is 1. The topological polar surface area (TPSA) is 50.8 Å². The minimum absolute atomic E-state index is 0.210. The van der Waals surface area contributed by atoms with Crippen LogP contribution in [0.2, 0.25) is 0 Å². The third-order valence-electron chi connectivity index (χ3n) is 3.69. The largest absolute Gasteiger partial charge is 0.484 e. The zero-order chi connectivity index (χ0) is 17.2. The molecule has 0 aliphatic heterocycles. The van der Waals surface area contributed by atoms with Crippen molar-refractivity contribution in [2.24, 2.45) is 0 Å². The predicted octanol–water partition coefficient (Wildman–Crippen LogP) is 3.99. The molecule has 0 fully saturated rings. The number of hydrogen-bond acceptors (Lipinski definition) is 3. The molecule has 0 aliphatic carbocycles. The number of aromatic nitrogens is 3. The quantitative estimate of drug-likeness (QED) is 0.767. The Hall–Kier alpha value is -2.57. The Labute approximate surface area is 136 Å². The van der Waals surface area contributed by atoms with Gasteiger partial charge < -0.3 is 9.72 Å². The van der Waals surface area contributed by atoms with Gasteiger partial charge in [-0.25, -0.2) is 4.98 Å². The van der Waals surface area contributed by atoms with Gasteiger partial charge >= 0.3 is 6.18 Å². The van der Waals surface area contributed by atoms with Gasteiger partial charge in [-0.05, 0) is 31.5 Å². The maximum Gasteiger partial charge on any atom is 0.422 e. The highest BCUT2D eigenvalue weighted by atomic mass is 19.4. The Bertz CT molecular complexity index is 809. The summed E-state index contributed by atoms with van der Waals surface area (Å²) in [6, 6.07) is 9.16. The van der Waals surface area contributed by atoms with E-state index in [1.165, 1.54) is 12.3 Å². The van der Waals surface area contributed by atoms with Crippen LogP contribution in [0.5, 0.6) is 5.75 Å². The van der Waals surface area contributed by atoms with Gasteiger partial charge in [0.2, 0.25) is 0 Å². The highest BCUT2D eigenvalue weighted by Gasteiger charge is 2.28. The Morgan fingerprint density at radius 3 is 2.67 bits per heavy atom. The number of nitrogens with zero attached hydrogens (tertiary/aromatic N) is 2. The summed E-state index contributed by atoms with van der Waals surface area (Å²) in [5.74, 6) is 1.03. The highest BCUT2D eigenvalue weighted by molar-refractivity contribution is 5.74. The molecule has 1 aromatic carbocycles. The van der Waals surface area contributed by atoms with Crippen LogP contribution in [0, 0.1) is 6.92 Å². The maximum absolute atomic E-state index is 12.3. The van der Waals surface area contributed by atoms with Gasteiger partial charge in [0.15, 0.2) is 6.61 Å². The monoisotopic (exact) mass is 335 g/mol. The zero-order valence-corrected chi connectivity index (χ0v) is 13.0. The van der Waals surface area contributed by atoms with Crippen molar-refractivity contribution in [3.8, 4) is 5.75 Å². The maximum atomic E-state index is 12.3. The summed E-state index contributed by atoms with van der Waals surface area (Å²) < 4.78 is 41.7. The first-order chi connectivity index (χ1) is 11.4. The smallest absolute Gasteiger partial charge is 0.422 e. The van der Waals surface area contributed by atoms with Crippen molar-refractivity contribution >= 4 is 11.0 Å². The fourth-order valence-electron chi connectivity index (χ4n) is 2.49. The summed E-state index contributed by atoms with van der Waals surface area (Å²) >= 11 is 0. The number of hydrogen-bond donors (Lipinski definition) is 1. The number of H-pyrrole nitrogens is 1. The summed E-state index contributed by atoms with van der Waals surface area (Å²) in [5, 5.41) is 0. The molecule has 2 heterocycles. The molecule has 24 heavy (non-hydrogen) atoms. The van der Waals surface area contributed by atoms with E-state index in [-0.39, 0.29) is 5.75 Å². The van der Waals surface area contributed by atoms with Gasteiger partial charge in [0.1, 0.15) is 11.6 Å². The second kappa shape index (κ2) is 6.51. The van der Waals surface area contributed by atoms with E-state index in [1.807, 2.05) is 24.3 Å². The van der Waals surface area contributed by atoms with E-state index in [4.69, 9.17) is 4.74 Å². The first-order valence-electron chi connectivity index (χ1n) is 7.50. The minimum Gasteiger partial charge on any atom is -0.484 e. The first-order valence-corrected chi connectivity index (χ1v) is 7.50. The lowest BCUT2D eigenvalue weighted by atomic mass is 10.1. The van der Waals surface area contributed by atoms with Crippen molar-refractivity contribution in [1.29, 1.82) is 0 Å². The van der Waals surface area contributed by atoms with E-state index >= 15 is 0 Å². The number of nitrogens with one attached hydrogen (secondary N) is 1. The number of ether oxygens (including phenoxy) is 1. The summed E-state index contributed by atoms with van der Waals surface area (Å²) in [4.78, 5) is 12.0. The van der Waals surface area contributed by atoms with Gasteiger partial charge in [-0.3, -0.25) is 4.98 Å². The summed E-state index contributed by atoms with van der Waals surface area (Å²) in [7, 11) is 0. The molecule has 126 valence electrons. The molecule has 0 aliphatic rings. The zero-order valence-electron chi connectivity index (χ0n) is 13.0. The van der Waals surface area contributed by atoms with E-state index in [0.29, 0.717) is 24.1 Å². The molecule has 0 spiro atoms. The van der Waals surface area contributed by atoms with E-state index in [2.05, 4.69) is 15.0 Å². The molecule has 1 N–H and O–H groups in total. The number of rotatable bonds is 5. The lowest BCUT2D eigenvalue weighted by Gasteiger charge is -2.13. The van der Waals surface area contributed by atoms with Crippen LogP contribution in [-0.2, 0) is 12.8 Å². The van der Waals surface area contributed by atoms with Gasteiger partial charge in [0, 0.05) is 23.9 Å². The van der Waals surface area contributed by atoms with E-state index in [0.717, 1.165) is 16.9 Å². The molecule has 0 atom stereocenters. The van der Waals surface area contributed by atoms with E-state index < -0.39 is 12.8 Å². The highest BCUT2D eigenvalue weighted by Crippen LogP contribution is 2.24. The molecular formula is C17H16F3N3O. The molecule has 4 nitrogen and oxygen atoms in total. The van der Waals surface area contributed by atoms with E-state index in [1.54, 1.807) is 6.92 Å². The molecule has 3 aromatic rings.